The van der Waals surface area contributed by atoms with Crippen LogP contribution in [0.4, 0.5) is 0 Å². The van der Waals surface area contributed by atoms with Crippen molar-refractivity contribution in [2.45, 2.75) is 212 Å². The summed E-state index contributed by atoms with van der Waals surface area (Å²) in [4.78, 5) is 69.1. The van der Waals surface area contributed by atoms with Crippen molar-refractivity contribution < 1.29 is 33.9 Å². The SMILES string of the molecule is CC(=O)[C@@H]1CCCN1C.CC(=O)[C@]1(C)CCCN1C.CCCCC[C@H](CC)C(C)=O.CC[C@@H](C)C(C)=O.CC[C@@H](CC(C)C)C(C)=O.CC[C@H](C(C)=O)C(C)O. The third-order valence-electron chi connectivity index (χ3n) is 11.6. The van der Waals surface area contributed by atoms with Gasteiger partial charge in [-0.15, -0.1) is 0 Å². The first-order chi connectivity index (χ1) is 25.9. The standard InChI is InChI=1S/C10H20O.C9H18O.C8H15NO.C7H13NO.C7H14O2.C6H12O/c1-4-6-7-8-10(5-2)9(3)11;1-5-9(8(4)10)6-7(2)3;1-7(10)8(2)5-4-6-9(8)3;1-6(9)7-4-3-5-8(7)2;1-4-7(5(2)8)6(3)9;1-4-5(2)6(3)7/h10H,4-8H2,1-3H3;7,9H,5-6H2,1-4H3;4-6H2,1-3H3;7H,3-5H2,1-2H3;5,7-8H,4H2,1-3H3;5H,4H2,1-3H3/t10-;9-;8-;7-;5?,7-;5-/m000001/s1. The number of likely N-dealkylation sites (tertiary alicyclic amines) is 2. The Labute approximate surface area is 346 Å². The van der Waals surface area contributed by atoms with Gasteiger partial charge >= 0.3 is 0 Å². The highest BCUT2D eigenvalue weighted by molar-refractivity contribution is 5.86. The van der Waals surface area contributed by atoms with E-state index in [0.717, 1.165) is 70.9 Å². The van der Waals surface area contributed by atoms with Gasteiger partial charge in [0.2, 0.25) is 0 Å². The maximum Gasteiger partial charge on any atom is 0.149 e. The molecule has 0 bridgehead atoms. The summed E-state index contributed by atoms with van der Waals surface area (Å²) in [5, 5.41) is 8.96. The zero-order valence-electron chi connectivity index (χ0n) is 39.9. The highest BCUT2D eigenvalue weighted by Crippen LogP contribution is 2.27. The van der Waals surface area contributed by atoms with Crippen LogP contribution in [0.3, 0.4) is 0 Å². The maximum atomic E-state index is 11.1. The number of unbranched alkanes of at least 4 members (excludes halogenated alkanes) is 2. The smallest absolute Gasteiger partial charge is 0.149 e. The molecule has 9 heteroatoms. The highest BCUT2D eigenvalue weighted by Gasteiger charge is 2.37. The van der Waals surface area contributed by atoms with Gasteiger partial charge < -0.3 is 5.11 Å². The van der Waals surface area contributed by atoms with Gasteiger partial charge in [-0.05, 0) is 153 Å². The molecule has 0 radical (unpaired) electrons. The second kappa shape index (κ2) is 34.9. The molecular formula is C47H92N2O7. The molecule has 332 valence electrons. The number of Topliss-reactive ketones (excluding diaryl/α,β-unsaturated/α-hetero) is 6. The number of ketones is 6. The summed E-state index contributed by atoms with van der Waals surface area (Å²) in [6, 6.07) is 0.227. The Morgan fingerprint density at radius 3 is 1.36 bits per heavy atom. The normalized spacial score (nSPS) is 20.2. The molecule has 2 saturated heterocycles. The zero-order valence-corrected chi connectivity index (χ0v) is 39.9. The van der Waals surface area contributed by atoms with Crippen molar-refractivity contribution in [3.8, 4) is 0 Å². The van der Waals surface area contributed by atoms with Crippen molar-refractivity contribution in [3.63, 3.8) is 0 Å². The first kappa shape index (κ1) is 60.6. The summed E-state index contributed by atoms with van der Waals surface area (Å²) in [6.45, 7) is 32.3. The van der Waals surface area contributed by atoms with E-state index in [-0.39, 0.29) is 29.2 Å². The summed E-state index contributed by atoms with van der Waals surface area (Å²) in [6.07, 6.45) is 13.5. The van der Waals surface area contributed by atoms with E-state index in [1.54, 1.807) is 41.5 Å². The number of aliphatic hydroxyl groups excluding tert-OH is 1. The van der Waals surface area contributed by atoms with E-state index in [2.05, 4.69) is 44.4 Å². The predicted molar refractivity (Wildman–Crippen MR) is 236 cm³/mol. The van der Waals surface area contributed by atoms with Gasteiger partial charge in [0.15, 0.2) is 0 Å². The third kappa shape index (κ3) is 29.2. The van der Waals surface area contributed by atoms with Crippen LogP contribution < -0.4 is 0 Å². The first-order valence-electron chi connectivity index (χ1n) is 22.0. The monoisotopic (exact) mass is 797 g/mol. The van der Waals surface area contributed by atoms with E-state index >= 15 is 0 Å². The van der Waals surface area contributed by atoms with Gasteiger partial charge in [-0.25, -0.2) is 0 Å². The Morgan fingerprint density at radius 1 is 0.679 bits per heavy atom. The third-order valence-corrected chi connectivity index (χ3v) is 11.6. The van der Waals surface area contributed by atoms with Crippen LogP contribution in [0.1, 0.15) is 194 Å². The lowest BCUT2D eigenvalue weighted by Gasteiger charge is -2.28. The lowest BCUT2D eigenvalue weighted by Crippen LogP contribution is -2.44. The quantitative estimate of drug-likeness (QED) is 0.143. The molecule has 2 aliphatic heterocycles. The van der Waals surface area contributed by atoms with Crippen molar-refractivity contribution in [2.75, 3.05) is 27.2 Å². The van der Waals surface area contributed by atoms with Gasteiger partial charge in [0.25, 0.3) is 0 Å². The van der Waals surface area contributed by atoms with Crippen LogP contribution in [0.2, 0.25) is 0 Å². The van der Waals surface area contributed by atoms with Crippen LogP contribution in [-0.2, 0) is 28.8 Å². The van der Waals surface area contributed by atoms with E-state index in [4.69, 9.17) is 5.11 Å². The van der Waals surface area contributed by atoms with E-state index in [1.165, 1.54) is 32.6 Å². The van der Waals surface area contributed by atoms with Crippen LogP contribution >= 0.6 is 0 Å². The van der Waals surface area contributed by atoms with Crippen molar-refractivity contribution in [2.24, 2.45) is 29.6 Å². The lowest BCUT2D eigenvalue weighted by atomic mass is 9.92. The summed E-state index contributed by atoms with van der Waals surface area (Å²) in [5.41, 5.74) is -0.153. The van der Waals surface area contributed by atoms with Gasteiger partial charge in [0.1, 0.15) is 34.7 Å². The number of rotatable bonds is 17. The fourth-order valence-electron chi connectivity index (χ4n) is 6.75. The molecule has 0 aliphatic carbocycles. The molecule has 0 aromatic rings. The molecule has 1 unspecified atom stereocenters. The molecule has 0 saturated carbocycles. The van der Waals surface area contributed by atoms with Crippen LogP contribution in [0, 0.1) is 29.6 Å². The summed E-state index contributed by atoms with van der Waals surface area (Å²) in [7, 11) is 4.04. The highest BCUT2D eigenvalue weighted by atomic mass is 16.3. The molecule has 1 N–H and O–H groups in total. The molecule has 0 aromatic carbocycles. The molecule has 2 rings (SSSR count). The summed E-state index contributed by atoms with van der Waals surface area (Å²) < 4.78 is 0. The number of likely N-dealkylation sites (N-methyl/N-ethyl adjacent to an activating group) is 2. The van der Waals surface area contributed by atoms with E-state index in [1.807, 2.05) is 41.8 Å². The first-order valence-corrected chi connectivity index (χ1v) is 22.0. The van der Waals surface area contributed by atoms with Gasteiger partial charge in [-0.2, -0.15) is 0 Å². The molecule has 2 heterocycles. The van der Waals surface area contributed by atoms with Crippen LogP contribution in [0.5, 0.6) is 0 Å². The van der Waals surface area contributed by atoms with Crippen molar-refractivity contribution in [3.05, 3.63) is 0 Å². The van der Waals surface area contributed by atoms with E-state index in [0.29, 0.717) is 46.7 Å². The molecule has 0 aromatic heterocycles. The minimum absolute atomic E-state index is 0.0764. The molecule has 0 amide bonds. The molecule has 9 nitrogen and oxygen atoms in total. The van der Waals surface area contributed by atoms with Crippen LogP contribution in [0.15, 0.2) is 0 Å². The Hall–Kier alpha value is -2.10. The number of nitrogens with zero attached hydrogens (tertiary/aromatic N) is 2. The van der Waals surface area contributed by atoms with Crippen LogP contribution in [0.25, 0.3) is 0 Å². The Bertz CT molecular complexity index is 1080. The molecule has 0 spiro atoms. The van der Waals surface area contributed by atoms with E-state index in [9.17, 15) is 28.8 Å². The van der Waals surface area contributed by atoms with Gasteiger partial charge in [0, 0.05) is 23.7 Å². The van der Waals surface area contributed by atoms with Crippen LogP contribution in [-0.4, -0.2) is 94.5 Å². The summed E-state index contributed by atoms with van der Waals surface area (Å²) >= 11 is 0. The van der Waals surface area contributed by atoms with Crippen molar-refractivity contribution >= 4 is 34.7 Å². The van der Waals surface area contributed by atoms with Crippen molar-refractivity contribution in [1.29, 1.82) is 0 Å². The average molecular weight is 797 g/mol. The van der Waals surface area contributed by atoms with Crippen molar-refractivity contribution in [1.82, 2.24) is 9.80 Å². The second-order valence-corrected chi connectivity index (χ2v) is 16.9. The minimum Gasteiger partial charge on any atom is -0.393 e. The van der Waals surface area contributed by atoms with E-state index < -0.39 is 6.10 Å². The molecule has 2 fully saturated rings. The number of hydrogen-bond acceptors (Lipinski definition) is 9. The Morgan fingerprint density at radius 2 is 1.20 bits per heavy atom. The molecular weight excluding hydrogens is 705 g/mol. The molecule has 7 atom stereocenters. The minimum atomic E-state index is -0.493. The molecule has 2 aliphatic rings. The van der Waals surface area contributed by atoms with Gasteiger partial charge in [-0.1, -0.05) is 74.7 Å². The average Bonchev–Trinajstić information content (AvgIpc) is 3.70. The second-order valence-electron chi connectivity index (χ2n) is 16.9. The number of aliphatic hydroxyl groups is 1. The van der Waals surface area contributed by atoms with Gasteiger partial charge in [-0.3, -0.25) is 38.6 Å². The topological polar surface area (TPSA) is 129 Å². The zero-order chi connectivity index (χ0) is 44.8. The Balaban J connectivity index is -0.000000291. The predicted octanol–water partition coefficient (Wildman–Crippen LogP) is 10.2. The Kier molecular flexibility index (Phi) is 37.7. The number of hydrogen-bond donors (Lipinski definition) is 1. The summed E-state index contributed by atoms with van der Waals surface area (Å²) in [5.74, 6) is 3.08. The fraction of sp³-hybridized carbons (Fsp3) is 0.872. The number of carbonyl (C=O) groups is 6. The fourth-order valence-corrected chi connectivity index (χ4v) is 6.75. The largest absolute Gasteiger partial charge is 0.393 e. The van der Waals surface area contributed by atoms with Gasteiger partial charge in [0.05, 0.1) is 17.7 Å². The maximum absolute atomic E-state index is 11.1. The lowest BCUT2D eigenvalue weighted by molar-refractivity contribution is -0.126. The molecule has 56 heavy (non-hydrogen) atoms. The number of carbonyl (C=O) groups excluding carboxylic acids is 6.